The second kappa shape index (κ2) is 7.63. The number of ether oxygens (including phenoxy) is 1. The second-order valence-electron chi connectivity index (χ2n) is 3.57. The quantitative estimate of drug-likeness (QED) is 0.649. The molecule has 0 amide bonds. The number of unbranched alkanes of at least 4 members (excludes halogenated alkanes) is 1. The van der Waals surface area contributed by atoms with Crippen LogP contribution in [0, 0.1) is 6.92 Å². The Morgan fingerprint density at radius 3 is 2.53 bits per heavy atom. The molecule has 84 valence electrons. The molecule has 1 aromatic rings. The van der Waals surface area contributed by atoms with Gasteiger partial charge in [-0.15, -0.1) is 0 Å². The van der Waals surface area contributed by atoms with Gasteiger partial charge in [0, 0.05) is 0 Å². The fraction of sp³-hybridized carbons (Fsp3) is 0.538. The first-order chi connectivity index (χ1) is 7.33. The lowest BCUT2D eigenvalue weighted by Crippen LogP contribution is -1.97. The third kappa shape index (κ3) is 5.73. The van der Waals surface area contributed by atoms with Gasteiger partial charge in [-0.05, 0) is 43.4 Å². The van der Waals surface area contributed by atoms with Crippen LogP contribution in [-0.4, -0.2) is 18.1 Å². The molecule has 0 heterocycles. The van der Waals surface area contributed by atoms with Crippen LogP contribution in [0.15, 0.2) is 24.3 Å². The van der Waals surface area contributed by atoms with E-state index in [1.807, 2.05) is 23.9 Å². The minimum Gasteiger partial charge on any atom is -0.494 e. The number of hydrogen-bond donors (Lipinski definition) is 0. The Hall–Kier alpha value is -0.630. The standard InChI is InChI=1S/C13H20OS/c1-3-15-11-5-4-10-14-13-8-6-12(2)7-9-13/h6-9H,3-5,10-11H2,1-2H3. The molecule has 0 radical (unpaired) electrons. The van der Waals surface area contributed by atoms with Gasteiger partial charge in [0.2, 0.25) is 0 Å². The number of benzene rings is 1. The van der Waals surface area contributed by atoms with Gasteiger partial charge in [-0.25, -0.2) is 0 Å². The van der Waals surface area contributed by atoms with Crippen LogP contribution < -0.4 is 4.74 Å². The molecule has 0 N–H and O–H groups in total. The summed E-state index contributed by atoms with van der Waals surface area (Å²) in [6.07, 6.45) is 2.41. The van der Waals surface area contributed by atoms with Crippen LogP contribution in [-0.2, 0) is 0 Å². The Morgan fingerprint density at radius 2 is 1.87 bits per heavy atom. The summed E-state index contributed by atoms with van der Waals surface area (Å²) in [5.74, 6) is 3.47. The summed E-state index contributed by atoms with van der Waals surface area (Å²) in [5, 5.41) is 0. The second-order valence-corrected chi connectivity index (χ2v) is 4.96. The molecule has 2 heteroatoms. The fourth-order valence-corrected chi connectivity index (χ4v) is 1.97. The molecular formula is C13H20OS. The van der Waals surface area contributed by atoms with Crippen molar-refractivity contribution in [3.05, 3.63) is 29.8 Å². The van der Waals surface area contributed by atoms with E-state index >= 15 is 0 Å². The molecule has 0 bridgehead atoms. The zero-order valence-corrected chi connectivity index (χ0v) is 10.5. The van der Waals surface area contributed by atoms with Crippen molar-refractivity contribution in [3.63, 3.8) is 0 Å². The Kier molecular flexibility index (Phi) is 6.33. The first-order valence-corrected chi connectivity index (χ1v) is 6.75. The maximum atomic E-state index is 5.63. The van der Waals surface area contributed by atoms with Crippen LogP contribution in [0.3, 0.4) is 0 Å². The lowest BCUT2D eigenvalue weighted by molar-refractivity contribution is 0.310. The van der Waals surface area contributed by atoms with Gasteiger partial charge in [-0.2, -0.15) is 11.8 Å². The molecule has 0 spiro atoms. The van der Waals surface area contributed by atoms with E-state index in [1.165, 1.54) is 23.5 Å². The molecule has 0 fully saturated rings. The number of hydrogen-bond acceptors (Lipinski definition) is 2. The molecule has 0 aromatic heterocycles. The normalized spacial score (nSPS) is 10.3. The van der Waals surface area contributed by atoms with Crippen molar-refractivity contribution in [2.45, 2.75) is 26.7 Å². The third-order valence-corrected chi connectivity index (χ3v) is 3.16. The van der Waals surface area contributed by atoms with Gasteiger partial charge < -0.3 is 4.74 Å². The van der Waals surface area contributed by atoms with Gasteiger partial charge in [0.1, 0.15) is 5.75 Å². The van der Waals surface area contributed by atoms with E-state index in [9.17, 15) is 0 Å². The highest BCUT2D eigenvalue weighted by atomic mass is 32.2. The Balaban J connectivity index is 2.07. The van der Waals surface area contributed by atoms with E-state index in [2.05, 4.69) is 26.0 Å². The van der Waals surface area contributed by atoms with E-state index in [1.54, 1.807) is 0 Å². The molecule has 1 nitrogen and oxygen atoms in total. The summed E-state index contributed by atoms with van der Waals surface area (Å²) in [7, 11) is 0. The van der Waals surface area contributed by atoms with Gasteiger partial charge in [0.25, 0.3) is 0 Å². The molecule has 1 aromatic carbocycles. The molecule has 0 unspecified atom stereocenters. The molecule has 0 aliphatic rings. The average Bonchev–Trinajstić information content (AvgIpc) is 2.26. The summed E-state index contributed by atoms with van der Waals surface area (Å²) in [4.78, 5) is 0. The monoisotopic (exact) mass is 224 g/mol. The molecule has 0 atom stereocenters. The van der Waals surface area contributed by atoms with E-state index in [0.29, 0.717) is 0 Å². The number of rotatable bonds is 7. The maximum Gasteiger partial charge on any atom is 0.119 e. The molecule has 0 saturated heterocycles. The van der Waals surface area contributed by atoms with E-state index in [0.717, 1.165) is 18.8 Å². The highest BCUT2D eigenvalue weighted by Crippen LogP contribution is 2.12. The zero-order chi connectivity index (χ0) is 10.9. The molecule has 0 saturated carbocycles. The van der Waals surface area contributed by atoms with E-state index in [4.69, 9.17) is 4.74 Å². The minimum atomic E-state index is 0.841. The van der Waals surface area contributed by atoms with Crippen molar-refractivity contribution >= 4 is 11.8 Å². The van der Waals surface area contributed by atoms with Crippen LogP contribution in [0.4, 0.5) is 0 Å². The lowest BCUT2D eigenvalue weighted by Gasteiger charge is -2.05. The summed E-state index contributed by atoms with van der Waals surface area (Å²) in [6, 6.07) is 8.25. The summed E-state index contributed by atoms with van der Waals surface area (Å²) < 4.78 is 5.63. The van der Waals surface area contributed by atoms with Crippen molar-refractivity contribution in [2.75, 3.05) is 18.1 Å². The van der Waals surface area contributed by atoms with Crippen molar-refractivity contribution in [2.24, 2.45) is 0 Å². The predicted octanol–water partition coefficient (Wildman–Crippen LogP) is 3.91. The van der Waals surface area contributed by atoms with Crippen LogP contribution in [0.1, 0.15) is 25.3 Å². The van der Waals surface area contributed by atoms with Crippen molar-refractivity contribution in [1.29, 1.82) is 0 Å². The predicted molar refractivity (Wildman–Crippen MR) is 68.9 cm³/mol. The van der Waals surface area contributed by atoms with Crippen LogP contribution in [0.2, 0.25) is 0 Å². The zero-order valence-electron chi connectivity index (χ0n) is 9.66. The van der Waals surface area contributed by atoms with Gasteiger partial charge in [-0.3, -0.25) is 0 Å². The van der Waals surface area contributed by atoms with Gasteiger partial charge in [0.15, 0.2) is 0 Å². The summed E-state index contributed by atoms with van der Waals surface area (Å²) in [6.45, 7) is 5.13. The topological polar surface area (TPSA) is 9.23 Å². The van der Waals surface area contributed by atoms with Gasteiger partial charge in [-0.1, -0.05) is 24.6 Å². The largest absolute Gasteiger partial charge is 0.494 e. The van der Waals surface area contributed by atoms with Crippen LogP contribution in [0.25, 0.3) is 0 Å². The number of thioether (sulfide) groups is 1. The minimum absolute atomic E-state index is 0.841. The smallest absolute Gasteiger partial charge is 0.119 e. The van der Waals surface area contributed by atoms with Gasteiger partial charge >= 0.3 is 0 Å². The van der Waals surface area contributed by atoms with Crippen molar-refractivity contribution < 1.29 is 4.74 Å². The molecule has 1 rings (SSSR count). The van der Waals surface area contributed by atoms with E-state index < -0.39 is 0 Å². The summed E-state index contributed by atoms with van der Waals surface area (Å²) in [5.41, 5.74) is 1.28. The fourth-order valence-electron chi connectivity index (χ4n) is 1.28. The SMILES string of the molecule is CCSCCCCOc1ccc(C)cc1. The lowest BCUT2D eigenvalue weighted by atomic mass is 10.2. The average molecular weight is 224 g/mol. The van der Waals surface area contributed by atoms with Crippen LogP contribution >= 0.6 is 11.8 Å². The molecule has 0 aliphatic carbocycles. The van der Waals surface area contributed by atoms with Crippen molar-refractivity contribution in [1.82, 2.24) is 0 Å². The van der Waals surface area contributed by atoms with Crippen LogP contribution in [0.5, 0.6) is 5.75 Å². The van der Waals surface area contributed by atoms with Crippen molar-refractivity contribution in [3.8, 4) is 5.75 Å². The van der Waals surface area contributed by atoms with Gasteiger partial charge in [0.05, 0.1) is 6.61 Å². The first-order valence-electron chi connectivity index (χ1n) is 5.60. The third-order valence-electron chi connectivity index (χ3n) is 2.18. The maximum absolute atomic E-state index is 5.63. The Labute approximate surface area is 97.2 Å². The first kappa shape index (κ1) is 12.4. The highest BCUT2D eigenvalue weighted by molar-refractivity contribution is 7.99. The Bertz CT molecular complexity index is 256. The molecular weight excluding hydrogens is 204 g/mol. The number of aryl methyl sites for hydroxylation is 1. The summed E-state index contributed by atoms with van der Waals surface area (Å²) >= 11 is 2.00. The molecule has 0 aliphatic heterocycles. The van der Waals surface area contributed by atoms with E-state index in [-0.39, 0.29) is 0 Å². The Morgan fingerprint density at radius 1 is 1.13 bits per heavy atom. The highest BCUT2D eigenvalue weighted by Gasteiger charge is 1.93. The molecule has 15 heavy (non-hydrogen) atoms.